The molecule has 2 aromatic carbocycles. The van der Waals surface area contributed by atoms with Gasteiger partial charge in [-0.15, -0.1) is 0 Å². The van der Waals surface area contributed by atoms with Gasteiger partial charge in [0.05, 0.1) is 4.90 Å². The second kappa shape index (κ2) is 6.13. The molecule has 21 heavy (non-hydrogen) atoms. The molecule has 0 heterocycles. The van der Waals surface area contributed by atoms with Gasteiger partial charge >= 0.3 is 0 Å². The number of halogens is 2. The molecular formula is C15H15ClFNO2S. The fourth-order valence-corrected chi connectivity index (χ4v) is 3.51. The Morgan fingerprint density at radius 1 is 1.14 bits per heavy atom. The van der Waals surface area contributed by atoms with Crippen LogP contribution in [0.4, 0.5) is 4.39 Å². The quantitative estimate of drug-likeness (QED) is 0.855. The van der Waals surface area contributed by atoms with Crippen molar-refractivity contribution in [2.75, 3.05) is 7.05 Å². The zero-order valence-corrected chi connectivity index (χ0v) is 13.2. The van der Waals surface area contributed by atoms with Crippen LogP contribution in [0.15, 0.2) is 53.4 Å². The van der Waals surface area contributed by atoms with Gasteiger partial charge in [0.15, 0.2) is 0 Å². The molecule has 0 spiro atoms. The van der Waals surface area contributed by atoms with E-state index in [1.54, 1.807) is 25.1 Å². The lowest BCUT2D eigenvalue weighted by Gasteiger charge is -2.24. The molecule has 112 valence electrons. The molecule has 0 fully saturated rings. The Balaban J connectivity index is 2.33. The van der Waals surface area contributed by atoms with Crippen LogP contribution < -0.4 is 0 Å². The molecule has 0 aliphatic heterocycles. The minimum Gasteiger partial charge on any atom is -0.207 e. The Labute approximate surface area is 129 Å². The van der Waals surface area contributed by atoms with Crippen LogP contribution in [0.1, 0.15) is 18.5 Å². The summed E-state index contributed by atoms with van der Waals surface area (Å²) in [5, 5.41) is 0.548. The lowest BCUT2D eigenvalue weighted by molar-refractivity contribution is 0.398. The van der Waals surface area contributed by atoms with Crippen molar-refractivity contribution in [2.24, 2.45) is 0 Å². The van der Waals surface area contributed by atoms with Crippen LogP contribution >= 0.6 is 11.6 Å². The van der Waals surface area contributed by atoms with Gasteiger partial charge in [-0.05, 0) is 48.9 Å². The molecule has 0 bridgehead atoms. The van der Waals surface area contributed by atoms with E-state index in [0.29, 0.717) is 5.02 Å². The Morgan fingerprint density at radius 2 is 1.76 bits per heavy atom. The van der Waals surface area contributed by atoms with Crippen molar-refractivity contribution >= 4 is 21.6 Å². The normalized spacial score (nSPS) is 13.4. The summed E-state index contributed by atoms with van der Waals surface area (Å²) in [6.07, 6.45) is 0. The molecular weight excluding hydrogens is 313 g/mol. The van der Waals surface area contributed by atoms with E-state index in [9.17, 15) is 12.8 Å². The van der Waals surface area contributed by atoms with Crippen LogP contribution in [-0.4, -0.2) is 19.8 Å². The van der Waals surface area contributed by atoms with Crippen molar-refractivity contribution in [1.29, 1.82) is 0 Å². The zero-order chi connectivity index (χ0) is 15.6. The highest BCUT2D eigenvalue weighted by Crippen LogP contribution is 2.27. The zero-order valence-electron chi connectivity index (χ0n) is 11.6. The predicted octanol–water partition coefficient (Wildman–Crippen LogP) is 3.86. The minimum absolute atomic E-state index is 0.0558. The van der Waals surface area contributed by atoms with Crippen molar-refractivity contribution in [3.8, 4) is 0 Å². The maximum absolute atomic E-state index is 12.9. The van der Waals surface area contributed by atoms with Gasteiger partial charge < -0.3 is 0 Å². The van der Waals surface area contributed by atoms with Gasteiger partial charge in [0.25, 0.3) is 0 Å². The van der Waals surface area contributed by atoms with Crippen LogP contribution in [0.25, 0.3) is 0 Å². The summed E-state index contributed by atoms with van der Waals surface area (Å²) in [4.78, 5) is 0.0558. The van der Waals surface area contributed by atoms with Gasteiger partial charge in [0.1, 0.15) is 5.82 Å². The Kier molecular flexibility index (Phi) is 4.66. The Hall–Kier alpha value is -1.43. The van der Waals surface area contributed by atoms with Crippen molar-refractivity contribution in [2.45, 2.75) is 17.9 Å². The fourth-order valence-electron chi connectivity index (χ4n) is 1.96. The topological polar surface area (TPSA) is 37.4 Å². The Morgan fingerprint density at radius 3 is 2.33 bits per heavy atom. The molecule has 3 nitrogen and oxygen atoms in total. The summed E-state index contributed by atoms with van der Waals surface area (Å²) >= 11 is 5.93. The first-order valence-electron chi connectivity index (χ1n) is 6.31. The maximum Gasteiger partial charge on any atom is 0.243 e. The predicted molar refractivity (Wildman–Crippen MR) is 81.2 cm³/mol. The third kappa shape index (κ3) is 3.43. The van der Waals surface area contributed by atoms with Crippen LogP contribution in [0.2, 0.25) is 5.02 Å². The average Bonchev–Trinajstić information content (AvgIpc) is 2.46. The number of nitrogens with zero attached hydrogens (tertiary/aromatic N) is 1. The number of hydrogen-bond acceptors (Lipinski definition) is 2. The molecule has 0 N–H and O–H groups in total. The van der Waals surface area contributed by atoms with Gasteiger partial charge in [-0.3, -0.25) is 0 Å². The average molecular weight is 328 g/mol. The van der Waals surface area contributed by atoms with Gasteiger partial charge in [-0.1, -0.05) is 23.7 Å². The van der Waals surface area contributed by atoms with Gasteiger partial charge in [-0.2, -0.15) is 4.31 Å². The first kappa shape index (κ1) is 15.9. The van der Waals surface area contributed by atoms with E-state index >= 15 is 0 Å². The van der Waals surface area contributed by atoms with Crippen LogP contribution in [-0.2, 0) is 10.0 Å². The highest BCUT2D eigenvalue weighted by atomic mass is 35.5. The molecule has 0 radical (unpaired) electrons. The monoisotopic (exact) mass is 327 g/mol. The first-order chi connectivity index (χ1) is 9.82. The maximum atomic E-state index is 12.9. The van der Waals surface area contributed by atoms with E-state index in [0.717, 1.165) is 17.7 Å². The highest BCUT2D eigenvalue weighted by molar-refractivity contribution is 7.89. The number of benzene rings is 2. The number of sulfonamides is 1. The van der Waals surface area contributed by atoms with E-state index < -0.39 is 21.9 Å². The van der Waals surface area contributed by atoms with Gasteiger partial charge in [-0.25, -0.2) is 12.8 Å². The first-order valence-corrected chi connectivity index (χ1v) is 8.13. The van der Waals surface area contributed by atoms with Crippen molar-refractivity contribution < 1.29 is 12.8 Å². The molecule has 2 aromatic rings. The third-order valence-electron chi connectivity index (χ3n) is 3.37. The lowest BCUT2D eigenvalue weighted by Crippen LogP contribution is -2.29. The standard InChI is InChI=1S/C15H15ClFNO2S/c1-11(12-4-3-5-13(16)10-12)18(2)21(19,20)15-8-6-14(17)7-9-15/h3-11H,1-2H3. The fraction of sp³-hybridized carbons (Fsp3) is 0.200. The van der Waals surface area contributed by atoms with E-state index in [1.165, 1.54) is 23.5 Å². The van der Waals surface area contributed by atoms with Gasteiger partial charge in [0.2, 0.25) is 10.0 Å². The largest absolute Gasteiger partial charge is 0.243 e. The van der Waals surface area contributed by atoms with Crippen molar-refractivity contribution in [3.63, 3.8) is 0 Å². The van der Waals surface area contributed by atoms with E-state index in [-0.39, 0.29) is 4.90 Å². The summed E-state index contributed by atoms with van der Waals surface area (Å²) in [7, 11) is -2.20. The van der Waals surface area contributed by atoms with Crippen LogP contribution in [0, 0.1) is 5.82 Å². The highest BCUT2D eigenvalue weighted by Gasteiger charge is 2.26. The number of hydrogen-bond donors (Lipinski definition) is 0. The Bertz CT molecular complexity index is 732. The lowest BCUT2D eigenvalue weighted by atomic mass is 10.1. The van der Waals surface area contributed by atoms with Gasteiger partial charge in [0, 0.05) is 18.1 Å². The van der Waals surface area contributed by atoms with Crippen LogP contribution in [0.3, 0.4) is 0 Å². The summed E-state index contributed by atoms with van der Waals surface area (Å²) in [6, 6.07) is 11.4. The smallest absolute Gasteiger partial charge is 0.207 e. The molecule has 0 aliphatic rings. The second-order valence-corrected chi connectivity index (χ2v) is 7.14. The molecule has 0 saturated heterocycles. The van der Waals surface area contributed by atoms with E-state index in [1.807, 2.05) is 6.07 Å². The molecule has 0 aliphatic carbocycles. The molecule has 2 rings (SSSR count). The van der Waals surface area contributed by atoms with Crippen LogP contribution in [0.5, 0.6) is 0 Å². The second-order valence-electron chi connectivity index (χ2n) is 4.71. The molecule has 0 saturated carbocycles. The molecule has 1 unspecified atom stereocenters. The number of rotatable bonds is 4. The minimum atomic E-state index is -3.69. The SMILES string of the molecule is CC(c1cccc(Cl)c1)N(C)S(=O)(=O)c1ccc(F)cc1. The summed E-state index contributed by atoms with van der Waals surface area (Å²) < 4.78 is 39.2. The molecule has 0 aromatic heterocycles. The van der Waals surface area contributed by atoms with E-state index in [2.05, 4.69) is 0 Å². The summed E-state index contributed by atoms with van der Waals surface area (Å²) in [6.45, 7) is 1.77. The molecule has 1 atom stereocenters. The summed E-state index contributed by atoms with van der Waals surface area (Å²) in [5.41, 5.74) is 0.788. The molecule has 0 amide bonds. The third-order valence-corrected chi connectivity index (χ3v) is 5.54. The molecule has 6 heteroatoms. The van der Waals surface area contributed by atoms with Crippen molar-refractivity contribution in [3.05, 3.63) is 64.9 Å². The van der Waals surface area contributed by atoms with E-state index in [4.69, 9.17) is 11.6 Å². The summed E-state index contributed by atoms with van der Waals surface area (Å²) in [5.74, 6) is -0.473. The van der Waals surface area contributed by atoms with Crippen molar-refractivity contribution in [1.82, 2.24) is 4.31 Å².